The van der Waals surface area contributed by atoms with Gasteiger partial charge in [-0.15, -0.1) is 12.4 Å². The standard InChI is InChI=1S/C11H15N3O2.ClH/c12-11(13)14-9-6-4-8(5-7-9)2-1-3-10(15)16;/h4-7H,1-3H2,(H,15,16)(H4,12,13,14);1H. The summed E-state index contributed by atoms with van der Waals surface area (Å²) in [6.07, 6.45) is 1.57. The van der Waals surface area contributed by atoms with Crippen LogP contribution in [0.3, 0.4) is 0 Å². The van der Waals surface area contributed by atoms with Gasteiger partial charge in [0.15, 0.2) is 5.96 Å². The Labute approximate surface area is 106 Å². The molecule has 94 valence electrons. The molecule has 0 aliphatic carbocycles. The van der Waals surface area contributed by atoms with Crippen molar-refractivity contribution in [2.24, 2.45) is 16.5 Å². The van der Waals surface area contributed by atoms with E-state index in [1.165, 1.54) is 0 Å². The van der Waals surface area contributed by atoms with Crippen molar-refractivity contribution < 1.29 is 9.90 Å². The van der Waals surface area contributed by atoms with Crippen LogP contribution >= 0.6 is 12.4 Å². The van der Waals surface area contributed by atoms with Crippen molar-refractivity contribution in [3.05, 3.63) is 29.8 Å². The molecule has 0 spiro atoms. The number of carboxylic acid groups (broad SMARTS) is 1. The number of nitrogens with zero attached hydrogens (tertiary/aromatic N) is 1. The molecule has 1 aromatic rings. The van der Waals surface area contributed by atoms with Gasteiger partial charge in [0.2, 0.25) is 0 Å². The Morgan fingerprint density at radius 3 is 2.29 bits per heavy atom. The smallest absolute Gasteiger partial charge is 0.303 e. The molecule has 5 N–H and O–H groups in total. The maximum atomic E-state index is 10.3. The first-order valence-corrected chi connectivity index (χ1v) is 4.98. The van der Waals surface area contributed by atoms with Crippen LogP contribution in [0, 0.1) is 0 Å². The summed E-state index contributed by atoms with van der Waals surface area (Å²) in [5.74, 6) is -0.740. The number of rotatable bonds is 5. The Morgan fingerprint density at radius 2 is 1.82 bits per heavy atom. The maximum Gasteiger partial charge on any atom is 0.303 e. The van der Waals surface area contributed by atoms with E-state index in [0.717, 1.165) is 12.0 Å². The van der Waals surface area contributed by atoms with E-state index >= 15 is 0 Å². The van der Waals surface area contributed by atoms with Crippen LogP contribution in [0.15, 0.2) is 29.3 Å². The quantitative estimate of drug-likeness (QED) is 0.548. The fourth-order valence-corrected chi connectivity index (χ4v) is 1.33. The summed E-state index contributed by atoms with van der Waals surface area (Å²) in [5, 5.41) is 8.49. The van der Waals surface area contributed by atoms with Gasteiger partial charge >= 0.3 is 5.97 Å². The summed E-state index contributed by atoms with van der Waals surface area (Å²) in [6.45, 7) is 0. The molecule has 0 saturated carbocycles. The number of hydrogen-bond acceptors (Lipinski definition) is 2. The topological polar surface area (TPSA) is 102 Å². The van der Waals surface area contributed by atoms with Crippen molar-refractivity contribution in [1.82, 2.24) is 0 Å². The number of hydrogen-bond donors (Lipinski definition) is 3. The van der Waals surface area contributed by atoms with Gasteiger partial charge in [0.1, 0.15) is 0 Å². The van der Waals surface area contributed by atoms with Crippen molar-refractivity contribution in [1.29, 1.82) is 0 Å². The molecule has 1 rings (SSSR count). The highest BCUT2D eigenvalue weighted by Gasteiger charge is 1.98. The molecule has 0 aliphatic rings. The lowest BCUT2D eigenvalue weighted by Gasteiger charge is -2.00. The highest BCUT2D eigenvalue weighted by molar-refractivity contribution is 5.85. The van der Waals surface area contributed by atoms with Gasteiger partial charge in [0.25, 0.3) is 0 Å². The summed E-state index contributed by atoms with van der Waals surface area (Å²) < 4.78 is 0. The van der Waals surface area contributed by atoms with E-state index in [1.54, 1.807) is 12.1 Å². The third-order valence-corrected chi connectivity index (χ3v) is 2.05. The molecule has 0 aromatic heterocycles. The summed E-state index contributed by atoms with van der Waals surface area (Å²) in [7, 11) is 0. The van der Waals surface area contributed by atoms with Gasteiger partial charge < -0.3 is 16.6 Å². The lowest BCUT2D eigenvalue weighted by Crippen LogP contribution is -2.21. The number of carbonyl (C=O) groups is 1. The lowest BCUT2D eigenvalue weighted by atomic mass is 10.1. The number of aliphatic carboxylic acids is 1. The molecule has 0 heterocycles. The maximum absolute atomic E-state index is 10.3. The second kappa shape index (κ2) is 7.51. The highest BCUT2D eigenvalue weighted by atomic mass is 35.5. The molecule has 17 heavy (non-hydrogen) atoms. The minimum absolute atomic E-state index is 0. The first kappa shape index (κ1) is 15.2. The molecule has 0 aliphatic heterocycles. The number of aryl methyl sites for hydroxylation is 1. The van der Waals surface area contributed by atoms with Crippen LogP contribution in [0.25, 0.3) is 0 Å². The number of carboxylic acids is 1. The van der Waals surface area contributed by atoms with E-state index < -0.39 is 5.97 Å². The largest absolute Gasteiger partial charge is 0.481 e. The van der Waals surface area contributed by atoms with Gasteiger partial charge in [0.05, 0.1) is 5.69 Å². The van der Waals surface area contributed by atoms with Gasteiger partial charge in [-0.3, -0.25) is 4.79 Å². The predicted molar refractivity (Wildman–Crippen MR) is 69.7 cm³/mol. The van der Waals surface area contributed by atoms with Crippen molar-refractivity contribution >= 4 is 30.0 Å². The normalized spacial score (nSPS) is 9.18. The highest BCUT2D eigenvalue weighted by Crippen LogP contribution is 2.14. The van der Waals surface area contributed by atoms with E-state index in [0.29, 0.717) is 12.1 Å². The predicted octanol–water partition coefficient (Wildman–Crippen LogP) is 1.42. The van der Waals surface area contributed by atoms with Gasteiger partial charge in [-0.1, -0.05) is 12.1 Å². The number of aliphatic imine (C=N–C) groups is 1. The molecule has 0 atom stereocenters. The van der Waals surface area contributed by atoms with E-state index in [1.807, 2.05) is 12.1 Å². The molecule has 0 bridgehead atoms. The lowest BCUT2D eigenvalue weighted by molar-refractivity contribution is -0.137. The third-order valence-electron chi connectivity index (χ3n) is 2.05. The Hall–Kier alpha value is -1.75. The summed E-state index contributed by atoms with van der Waals surface area (Å²) in [6, 6.07) is 7.39. The van der Waals surface area contributed by atoms with Crippen molar-refractivity contribution in [3.8, 4) is 0 Å². The average Bonchev–Trinajstić information content (AvgIpc) is 2.19. The SMILES string of the molecule is Cl.NC(N)=Nc1ccc(CCCC(=O)O)cc1. The van der Waals surface area contributed by atoms with E-state index in [2.05, 4.69) is 4.99 Å². The minimum Gasteiger partial charge on any atom is -0.481 e. The summed E-state index contributed by atoms with van der Waals surface area (Å²) in [4.78, 5) is 14.2. The number of guanidine groups is 1. The molecule has 1 aromatic carbocycles. The second-order valence-corrected chi connectivity index (χ2v) is 3.45. The van der Waals surface area contributed by atoms with Crippen molar-refractivity contribution in [3.63, 3.8) is 0 Å². The van der Waals surface area contributed by atoms with Crippen LogP contribution in [0.2, 0.25) is 0 Å². The Morgan fingerprint density at radius 1 is 1.24 bits per heavy atom. The van der Waals surface area contributed by atoms with Crippen LogP contribution in [-0.2, 0) is 11.2 Å². The van der Waals surface area contributed by atoms with Crippen LogP contribution in [0.4, 0.5) is 5.69 Å². The molecule has 0 amide bonds. The average molecular weight is 258 g/mol. The van der Waals surface area contributed by atoms with E-state index in [4.69, 9.17) is 16.6 Å². The second-order valence-electron chi connectivity index (χ2n) is 3.45. The monoisotopic (exact) mass is 257 g/mol. The number of nitrogens with two attached hydrogens (primary N) is 2. The van der Waals surface area contributed by atoms with E-state index in [9.17, 15) is 4.79 Å². The molecule has 0 radical (unpaired) electrons. The molecular formula is C11H16ClN3O2. The zero-order chi connectivity index (χ0) is 12.0. The zero-order valence-corrected chi connectivity index (χ0v) is 10.1. The van der Waals surface area contributed by atoms with Crippen LogP contribution in [0.5, 0.6) is 0 Å². The fourth-order valence-electron chi connectivity index (χ4n) is 1.33. The summed E-state index contributed by atoms with van der Waals surface area (Å²) >= 11 is 0. The molecule has 0 saturated heterocycles. The van der Waals surface area contributed by atoms with Crippen LogP contribution < -0.4 is 11.5 Å². The van der Waals surface area contributed by atoms with Crippen LogP contribution in [-0.4, -0.2) is 17.0 Å². The fraction of sp³-hybridized carbons (Fsp3) is 0.273. The first-order valence-electron chi connectivity index (χ1n) is 4.98. The molecule has 6 heteroatoms. The van der Waals surface area contributed by atoms with E-state index in [-0.39, 0.29) is 24.8 Å². The first-order chi connectivity index (χ1) is 7.58. The van der Waals surface area contributed by atoms with Gasteiger partial charge in [0, 0.05) is 6.42 Å². The van der Waals surface area contributed by atoms with Gasteiger partial charge in [-0.25, -0.2) is 4.99 Å². The Bertz CT molecular complexity index is 386. The Balaban J connectivity index is 0.00000256. The molecule has 0 unspecified atom stereocenters. The van der Waals surface area contributed by atoms with Crippen LogP contribution in [0.1, 0.15) is 18.4 Å². The number of halogens is 1. The third kappa shape index (κ3) is 6.42. The van der Waals surface area contributed by atoms with Gasteiger partial charge in [-0.05, 0) is 30.5 Å². The van der Waals surface area contributed by atoms with Gasteiger partial charge in [-0.2, -0.15) is 0 Å². The number of benzene rings is 1. The zero-order valence-electron chi connectivity index (χ0n) is 9.30. The molecular weight excluding hydrogens is 242 g/mol. The molecule has 5 nitrogen and oxygen atoms in total. The minimum atomic E-state index is -0.767. The van der Waals surface area contributed by atoms with Crippen molar-refractivity contribution in [2.45, 2.75) is 19.3 Å². The Kier molecular flexibility index (Phi) is 6.74. The van der Waals surface area contributed by atoms with Crippen molar-refractivity contribution in [2.75, 3.05) is 0 Å². The summed E-state index contributed by atoms with van der Waals surface area (Å²) in [5.41, 5.74) is 12.3. The molecule has 0 fully saturated rings.